The summed E-state index contributed by atoms with van der Waals surface area (Å²) in [7, 11) is 0. The van der Waals surface area contributed by atoms with Crippen LogP contribution in [0.25, 0.3) is 0 Å². The summed E-state index contributed by atoms with van der Waals surface area (Å²) in [6, 6.07) is 5.78. The van der Waals surface area contributed by atoms with E-state index >= 15 is 0 Å². The Morgan fingerprint density at radius 2 is 2.25 bits per heavy atom. The van der Waals surface area contributed by atoms with Gasteiger partial charge in [0.05, 0.1) is 11.4 Å². The molecule has 0 aliphatic heterocycles. The van der Waals surface area contributed by atoms with Crippen molar-refractivity contribution in [2.24, 2.45) is 5.92 Å². The predicted molar refractivity (Wildman–Crippen MR) is 72.5 cm³/mol. The number of rotatable bonds is 6. The Kier molecular flexibility index (Phi) is 5.63. The lowest BCUT2D eigenvalue weighted by Crippen LogP contribution is -2.07. The van der Waals surface area contributed by atoms with Crippen molar-refractivity contribution < 1.29 is 5.11 Å². The van der Waals surface area contributed by atoms with Gasteiger partial charge in [0.15, 0.2) is 0 Å². The molecule has 0 saturated heterocycles. The molecule has 0 aliphatic rings. The monoisotopic (exact) mass is 286 g/mol. The number of hydrogen-bond acceptors (Lipinski definition) is 3. The van der Waals surface area contributed by atoms with Crippen LogP contribution in [0.1, 0.15) is 19.8 Å². The molecule has 0 aliphatic carbocycles. The summed E-state index contributed by atoms with van der Waals surface area (Å²) in [5, 5.41) is 12.2. The van der Waals surface area contributed by atoms with Gasteiger partial charge in [0.2, 0.25) is 0 Å². The fourth-order valence-electron chi connectivity index (χ4n) is 1.45. The molecule has 1 aromatic carbocycles. The standard InChI is InChI=1S/C12H19BrN2O/c1-9(8-16)3-2-6-15-12-7-10(13)4-5-11(12)14/h4-5,7,9,15-16H,2-3,6,8,14H2,1H3. The summed E-state index contributed by atoms with van der Waals surface area (Å²) in [5.74, 6) is 0.377. The molecule has 0 bridgehead atoms. The van der Waals surface area contributed by atoms with Crippen molar-refractivity contribution >= 4 is 27.3 Å². The van der Waals surface area contributed by atoms with Crippen LogP contribution in [0.5, 0.6) is 0 Å². The highest BCUT2D eigenvalue weighted by Crippen LogP contribution is 2.23. The third kappa shape index (κ3) is 4.41. The Morgan fingerprint density at radius 1 is 1.50 bits per heavy atom. The van der Waals surface area contributed by atoms with Gasteiger partial charge >= 0.3 is 0 Å². The highest BCUT2D eigenvalue weighted by molar-refractivity contribution is 9.10. The average molecular weight is 287 g/mol. The Balaban J connectivity index is 2.34. The molecule has 16 heavy (non-hydrogen) atoms. The number of nitrogen functional groups attached to an aromatic ring is 1. The minimum absolute atomic E-state index is 0.263. The number of aliphatic hydroxyl groups is 1. The maximum absolute atomic E-state index is 8.89. The SMILES string of the molecule is CC(CO)CCCNc1cc(Br)ccc1N. The van der Waals surface area contributed by atoms with E-state index in [0.29, 0.717) is 5.92 Å². The van der Waals surface area contributed by atoms with Crippen LogP contribution in [-0.4, -0.2) is 18.3 Å². The minimum atomic E-state index is 0.263. The molecule has 0 radical (unpaired) electrons. The summed E-state index contributed by atoms with van der Waals surface area (Å²) in [5.41, 5.74) is 7.56. The van der Waals surface area contributed by atoms with Gasteiger partial charge in [0.1, 0.15) is 0 Å². The third-order valence-electron chi connectivity index (χ3n) is 2.52. The lowest BCUT2D eigenvalue weighted by molar-refractivity contribution is 0.229. The van der Waals surface area contributed by atoms with Gasteiger partial charge in [-0.2, -0.15) is 0 Å². The topological polar surface area (TPSA) is 58.3 Å². The van der Waals surface area contributed by atoms with E-state index in [9.17, 15) is 0 Å². The second-order valence-electron chi connectivity index (χ2n) is 4.09. The van der Waals surface area contributed by atoms with Gasteiger partial charge in [-0.25, -0.2) is 0 Å². The van der Waals surface area contributed by atoms with E-state index < -0.39 is 0 Å². The van der Waals surface area contributed by atoms with Gasteiger partial charge in [-0.1, -0.05) is 22.9 Å². The van der Waals surface area contributed by atoms with E-state index in [-0.39, 0.29) is 6.61 Å². The Morgan fingerprint density at radius 3 is 2.94 bits per heavy atom. The zero-order valence-corrected chi connectivity index (χ0v) is 11.1. The van der Waals surface area contributed by atoms with Crippen molar-refractivity contribution in [1.29, 1.82) is 0 Å². The fraction of sp³-hybridized carbons (Fsp3) is 0.500. The first-order valence-corrected chi connectivity index (χ1v) is 6.32. The van der Waals surface area contributed by atoms with Crippen LogP contribution < -0.4 is 11.1 Å². The number of halogens is 1. The molecule has 0 fully saturated rings. The van der Waals surface area contributed by atoms with Gasteiger partial charge in [0, 0.05) is 17.6 Å². The molecule has 0 aromatic heterocycles. The Hall–Kier alpha value is -0.740. The number of hydrogen-bond donors (Lipinski definition) is 3. The highest BCUT2D eigenvalue weighted by Gasteiger charge is 2.01. The molecule has 4 heteroatoms. The molecule has 1 unspecified atom stereocenters. The first kappa shape index (κ1) is 13.3. The van der Waals surface area contributed by atoms with Gasteiger partial charge in [-0.15, -0.1) is 0 Å². The molecule has 0 saturated carbocycles. The molecule has 3 nitrogen and oxygen atoms in total. The number of anilines is 2. The first-order valence-electron chi connectivity index (χ1n) is 5.53. The smallest absolute Gasteiger partial charge is 0.0585 e. The predicted octanol–water partition coefficient (Wildman–Crippen LogP) is 2.85. The van der Waals surface area contributed by atoms with Crippen molar-refractivity contribution in [3.8, 4) is 0 Å². The maximum Gasteiger partial charge on any atom is 0.0585 e. The zero-order valence-electron chi connectivity index (χ0n) is 9.54. The van der Waals surface area contributed by atoms with Gasteiger partial charge in [-0.05, 0) is 37.0 Å². The quantitative estimate of drug-likeness (QED) is 0.557. The molecule has 0 amide bonds. The number of nitrogens with one attached hydrogen (secondary N) is 1. The maximum atomic E-state index is 8.89. The van der Waals surface area contributed by atoms with Gasteiger partial charge in [-0.3, -0.25) is 0 Å². The van der Waals surface area contributed by atoms with Crippen LogP contribution in [0.2, 0.25) is 0 Å². The van der Waals surface area contributed by atoms with E-state index in [1.165, 1.54) is 0 Å². The van der Waals surface area contributed by atoms with Gasteiger partial charge in [0.25, 0.3) is 0 Å². The lowest BCUT2D eigenvalue weighted by Gasteiger charge is -2.11. The van der Waals surface area contributed by atoms with Crippen molar-refractivity contribution in [1.82, 2.24) is 0 Å². The third-order valence-corrected chi connectivity index (χ3v) is 3.01. The molecular formula is C12H19BrN2O. The van der Waals surface area contributed by atoms with E-state index in [0.717, 1.165) is 35.2 Å². The lowest BCUT2D eigenvalue weighted by atomic mass is 10.1. The van der Waals surface area contributed by atoms with E-state index in [1.54, 1.807) is 0 Å². The number of benzene rings is 1. The average Bonchev–Trinajstić information content (AvgIpc) is 2.28. The molecule has 90 valence electrons. The van der Waals surface area contributed by atoms with E-state index in [4.69, 9.17) is 10.8 Å². The van der Waals surface area contributed by atoms with Gasteiger partial charge < -0.3 is 16.2 Å². The summed E-state index contributed by atoms with van der Waals surface area (Å²) in [6.45, 7) is 3.19. The second-order valence-corrected chi connectivity index (χ2v) is 5.00. The molecule has 1 aromatic rings. The molecule has 0 spiro atoms. The fourth-order valence-corrected chi connectivity index (χ4v) is 1.81. The summed E-state index contributed by atoms with van der Waals surface area (Å²) in [4.78, 5) is 0. The van der Waals surface area contributed by atoms with Crippen molar-refractivity contribution in [2.75, 3.05) is 24.2 Å². The zero-order chi connectivity index (χ0) is 12.0. The highest BCUT2D eigenvalue weighted by atomic mass is 79.9. The van der Waals surface area contributed by atoms with E-state index in [2.05, 4.69) is 21.2 Å². The molecule has 4 N–H and O–H groups in total. The Labute approximate surface area is 105 Å². The van der Waals surface area contributed by atoms with Crippen LogP contribution >= 0.6 is 15.9 Å². The van der Waals surface area contributed by atoms with Crippen LogP contribution in [0.15, 0.2) is 22.7 Å². The second kappa shape index (κ2) is 6.76. The molecule has 1 rings (SSSR count). The van der Waals surface area contributed by atoms with Crippen molar-refractivity contribution in [2.45, 2.75) is 19.8 Å². The number of aliphatic hydroxyl groups excluding tert-OH is 1. The number of nitrogens with two attached hydrogens (primary N) is 1. The normalized spacial score (nSPS) is 12.4. The molecule has 1 atom stereocenters. The largest absolute Gasteiger partial charge is 0.397 e. The van der Waals surface area contributed by atoms with Crippen LogP contribution in [0, 0.1) is 5.92 Å². The van der Waals surface area contributed by atoms with Crippen LogP contribution in [-0.2, 0) is 0 Å². The first-order chi connectivity index (χ1) is 7.63. The Bertz CT molecular complexity index is 331. The summed E-state index contributed by atoms with van der Waals surface area (Å²) in [6.07, 6.45) is 2.06. The van der Waals surface area contributed by atoms with Crippen LogP contribution in [0.3, 0.4) is 0 Å². The van der Waals surface area contributed by atoms with Crippen molar-refractivity contribution in [3.05, 3.63) is 22.7 Å². The van der Waals surface area contributed by atoms with Crippen molar-refractivity contribution in [3.63, 3.8) is 0 Å². The van der Waals surface area contributed by atoms with Crippen LogP contribution in [0.4, 0.5) is 11.4 Å². The minimum Gasteiger partial charge on any atom is -0.397 e. The van der Waals surface area contributed by atoms with E-state index in [1.807, 2.05) is 25.1 Å². The summed E-state index contributed by atoms with van der Waals surface area (Å²) < 4.78 is 1.02. The molecule has 0 heterocycles. The summed E-state index contributed by atoms with van der Waals surface area (Å²) >= 11 is 3.41. The molecular weight excluding hydrogens is 268 g/mol.